The molecule has 2 aliphatic rings. The van der Waals surface area contributed by atoms with Gasteiger partial charge >= 0.3 is 5.97 Å². The van der Waals surface area contributed by atoms with Gasteiger partial charge < -0.3 is 9.16 Å². The number of hydrogen-bond acceptors (Lipinski definition) is 5. The zero-order valence-corrected chi connectivity index (χ0v) is 30.5. The summed E-state index contributed by atoms with van der Waals surface area (Å²) in [5, 5.41) is 14.8. The maximum atomic E-state index is 16.2. The van der Waals surface area contributed by atoms with Crippen LogP contribution in [0.1, 0.15) is 84.3 Å². The summed E-state index contributed by atoms with van der Waals surface area (Å²) in [6.07, 6.45) is 6.65. The van der Waals surface area contributed by atoms with Crippen LogP contribution >= 0.6 is 23.2 Å². The zero-order valence-electron chi connectivity index (χ0n) is 27.9. The molecule has 0 bridgehead atoms. The fourth-order valence-corrected chi connectivity index (χ4v) is 9.00. The van der Waals surface area contributed by atoms with E-state index >= 15 is 8.78 Å². The molecular formula is C36H45Cl2F2N2O3Si. The molecule has 4 rings (SSSR count). The Morgan fingerprint density at radius 1 is 1.13 bits per heavy atom. The number of ether oxygens (including phenoxy) is 1. The molecule has 2 aromatic carbocycles. The van der Waals surface area contributed by atoms with Crippen LogP contribution in [0.25, 0.3) is 0 Å². The molecule has 10 heteroatoms. The van der Waals surface area contributed by atoms with E-state index in [1.165, 1.54) is 24.3 Å². The second-order valence-corrected chi connectivity index (χ2v) is 17.9. The zero-order chi connectivity index (χ0) is 34.2. The first-order chi connectivity index (χ1) is 21.4. The number of carbonyl (C=O) groups is 1. The number of nitriles is 1. The number of nitrogens with one attached hydrogen (secondary N) is 1. The van der Waals surface area contributed by atoms with Gasteiger partial charge in [-0.2, -0.15) is 5.26 Å². The van der Waals surface area contributed by atoms with Gasteiger partial charge in [0.15, 0.2) is 0 Å². The van der Waals surface area contributed by atoms with Crippen LogP contribution in [-0.4, -0.2) is 38.8 Å². The predicted octanol–water partition coefficient (Wildman–Crippen LogP) is 9.30. The molecule has 249 valence electrons. The van der Waals surface area contributed by atoms with Gasteiger partial charge in [-0.1, -0.05) is 74.3 Å². The first kappa shape index (κ1) is 36.6. The first-order valence-electron chi connectivity index (χ1n) is 15.8. The van der Waals surface area contributed by atoms with Gasteiger partial charge in [0.05, 0.1) is 17.2 Å². The highest BCUT2D eigenvalue weighted by Crippen LogP contribution is 2.56. The summed E-state index contributed by atoms with van der Waals surface area (Å²) in [4.78, 5) is 14.1. The molecule has 1 aliphatic carbocycles. The van der Waals surface area contributed by atoms with Gasteiger partial charge in [-0.15, -0.1) is 0 Å². The van der Waals surface area contributed by atoms with E-state index in [-0.39, 0.29) is 32.7 Å². The van der Waals surface area contributed by atoms with Crippen molar-refractivity contribution in [1.82, 2.24) is 5.32 Å². The summed E-state index contributed by atoms with van der Waals surface area (Å²) in [6, 6.07) is 9.08. The molecule has 1 N–H and O–H groups in total. The Morgan fingerprint density at radius 3 is 2.37 bits per heavy atom. The average Bonchev–Trinajstić information content (AvgIpc) is 3.26. The van der Waals surface area contributed by atoms with Crippen LogP contribution in [0, 0.1) is 33.8 Å². The van der Waals surface area contributed by atoms with Crippen LogP contribution < -0.4 is 5.32 Å². The van der Waals surface area contributed by atoms with Crippen molar-refractivity contribution in [2.75, 3.05) is 0 Å². The van der Waals surface area contributed by atoms with Gasteiger partial charge in [0.2, 0.25) is 9.04 Å². The molecule has 0 aromatic heterocycles. The minimum atomic E-state index is -1.77. The standard InChI is InChI=1S/C36H45Cl2F2N2O3Si/c1-33(2,3)32(45-46(7)8)35(17-10-9-11-18-35)20-27-36(21-41,24-16-15-22(37)19-26(24)39)28(23-13-12-14-25(38)29(23)40)30(42-27)31(43)44-34(4,5)6/h9-10,12-16,19,27-28,30,32,42H,11,17-18,20H2,1-8H3/t27-,28-,30+,32?,35?,36-/m0/s1. The highest BCUT2D eigenvalue weighted by molar-refractivity contribution is 6.48. The summed E-state index contributed by atoms with van der Waals surface area (Å²) in [5.74, 6) is -3.35. The van der Waals surface area contributed by atoms with E-state index in [2.05, 4.69) is 57.4 Å². The third-order valence-electron chi connectivity index (χ3n) is 9.10. The number of hydrogen-bond donors (Lipinski definition) is 1. The Bertz CT molecular complexity index is 1520. The number of allylic oxidation sites excluding steroid dienone is 2. The van der Waals surface area contributed by atoms with Crippen molar-refractivity contribution in [3.05, 3.63) is 81.4 Å². The van der Waals surface area contributed by atoms with Crippen molar-refractivity contribution >= 4 is 38.2 Å². The fourth-order valence-electron chi connectivity index (χ4n) is 7.59. The van der Waals surface area contributed by atoms with Gasteiger partial charge in [0.1, 0.15) is 28.7 Å². The maximum Gasteiger partial charge on any atom is 0.324 e. The molecule has 1 heterocycles. The van der Waals surface area contributed by atoms with Gasteiger partial charge in [-0.25, -0.2) is 8.78 Å². The Labute approximate surface area is 284 Å². The number of nitrogens with zero attached hydrogens (tertiary/aromatic N) is 1. The van der Waals surface area contributed by atoms with Crippen molar-refractivity contribution in [2.24, 2.45) is 10.8 Å². The van der Waals surface area contributed by atoms with E-state index in [0.717, 1.165) is 18.9 Å². The molecule has 1 fully saturated rings. The molecule has 0 amide bonds. The van der Waals surface area contributed by atoms with E-state index in [1.807, 2.05) is 0 Å². The summed E-state index contributed by atoms with van der Waals surface area (Å²) in [6.45, 7) is 15.9. The lowest BCUT2D eigenvalue weighted by atomic mass is 9.57. The number of benzene rings is 2. The minimum Gasteiger partial charge on any atom is -0.459 e. The Balaban J connectivity index is 2.04. The highest BCUT2D eigenvalue weighted by atomic mass is 35.5. The Kier molecular flexibility index (Phi) is 10.9. The van der Waals surface area contributed by atoms with Crippen LogP contribution in [-0.2, 0) is 19.4 Å². The van der Waals surface area contributed by atoms with Crippen LogP contribution in [0.15, 0.2) is 48.6 Å². The van der Waals surface area contributed by atoms with E-state index in [9.17, 15) is 10.1 Å². The number of rotatable bonds is 8. The second-order valence-electron chi connectivity index (χ2n) is 15.0. The monoisotopic (exact) mass is 689 g/mol. The molecule has 6 atom stereocenters. The number of halogens is 4. The molecule has 2 aromatic rings. The first-order valence-corrected chi connectivity index (χ1v) is 18.9. The number of esters is 1. The van der Waals surface area contributed by atoms with E-state index in [0.29, 0.717) is 12.8 Å². The third-order valence-corrected chi connectivity index (χ3v) is 10.3. The Morgan fingerprint density at radius 2 is 1.83 bits per heavy atom. The van der Waals surface area contributed by atoms with Crippen molar-refractivity contribution in [1.29, 1.82) is 5.26 Å². The fraction of sp³-hybridized carbons (Fsp3) is 0.556. The third kappa shape index (κ3) is 7.24. The number of carbonyl (C=O) groups excluding carboxylic acids is 1. The lowest BCUT2D eigenvalue weighted by molar-refractivity contribution is -0.157. The summed E-state index contributed by atoms with van der Waals surface area (Å²) in [7, 11) is -1.16. The SMILES string of the molecule is C[Si](C)OC(C(C)(C)C)C1(C[C@@H]2N[C@@H](C(=O)OC(C)(C)C)[C@H](c3cccc(Cl)c3F)[C@@]2(C#N)c2ccc(Cl)cc2F)CC=CCC1. The molecule has 1 saturated heterocycles. The molecule has 2 unspecified atom stereocenters. The van der Waals surface area contributed by atoms with Gasteiger partial charge in [-0.05, 0) is 88.7 Å². The van der Waals surface area contributed by atoms with Gasteiger partial charge in [0.25, 0.3) is 0 Å². The predicted molar refractivity (Wildman–Crippen MR) is 181 cm³/mol. The van der Waals surface area contributed by atoms with Crippen LogP contribution in [0.2, 0.25) is 23.1 Å². The van der Waals surface area contributed by atoms with Gasteiger partial charge in [0, 0.05) is 28.0 Å². The van der Waals surface area contributed by atoms with Crippen LogP contribution in [0.4, 0.5) is 8.78 Å². The van der Waals surface area contributed by atoms with E-state index < -0.39 is 61.1 Å². The molecular weight excluding hydrogens is 645 g/mol. The molecule has 1 aliphatic heterocycles. The van der Waals surface area contributed by atoms with Crippen molar-refractivity contribution in [3.8, 4) is 6.07 Å². The van der Waals surface area contributed by atoms with Gasteiger partial charge in [-0.3, -0.25) is 10.1 Å². The molecule has 5 nitrogen and oxygen atoms in total. The molecule has 0 saturated carbocycles. The lowest BCUT2D eigenvalue weighted by Crippen LogP contribution is -2.53. The van der Waals surface area contributed by atoms with Crippen molar-refractivity contribution in [3.63, 3.8) is 0 Å². The Hall–Kier alpha value is -2.28. The largest absolute Gasteiger partial charge is 0.459 e. The van der Waals surface area contributed by atoms with Crippen LogP contribution in [0.3, 0.4) is 0 Å². The molecule has 0 spiro atoms. The minimum absolute atomic E-state index is 0.0257. The van der Waals surface area contributed by atoms with Crippen molar-refractivity contribution in [2.45, 2.75) is 115 Å². The average molecular weight is 691 g/mol. The topological polar surface area (TPSA) is 71.3 Å². The summed E-state index contributed by atoms with van der Waals surface area (Å²) >= 11 is 12.5. The summed E-state index contributed by atoms with van der Waals surface area (Å²) in [5.41, 5.74) is -3.37. The highest BCUT2D eigenvalue weighted by Gasteiger charge is 2.63. The van der Waals surface area contributed by atoms with E-state index in [4.69, 9.17) is 32.4 Å². The summed E-state index contributed by atoms with van der Waals surface area (Å²) < 4.78 is 45.0. The lowest BCUT2D eigenvalue weighted by Gasteiger charge is -2.51. The quantitative estimate of drug-likeness (QED) is 0.170. The smallest absolute Gasteiger partial charge is 0.324 e. The molecule has 1 radical (unpaired) electrons. The second kappa shape index (κ2) is 13.7. The maximum absolute atomic E-state index is 16.2. The molecule has 46 heavy (non-hydrogen) atoms. The van der Waals surface area contributed by atoms with Crippen LogP contribution in [0.5, 0.6) is 0 Å². The van der Waals surface area contributed by atoms with Crippen molar-refractivity contribution < 1.29 is 22.7 Å². The normalized spacial score (nSPS) is 27.4. The van der Waals surface area contributed by atoms with E-state index in [1.54, 1.807) is 26.8 Å².